The van der Waals surface area contributed by atoms with Gasteiger partial charge in [-0.1, -0.05) is 53.0 Å². The van der Waals surface area contributed by atoms with Crippen LogP contribution in [0.4, 0.5) is 10.1 Å². The summed E-state index contributed by atoms with van der Waals surface area (Å²) in [5.41, 5.74) is 1.88. The number of benzene rings is 3. The van der Waals surface area contributed by atoms with Crippen LogP contribution < -0.4 is 14.8 Å². The molecule has 0 bridgehead atoms. The van der Waals surface area contributed by atoms with Crippen molar-refractivity contribution in [3.8, 4) is 11.5 Å². The molecule has 0 saturated carbocycles. The van der Waals surface area contributed by atoms with Gasteiger partial charge < -0.3 is 14.8 Å². The summed E-state index contributed by atoms with van der Waals surface area (Å²) in [5, 5.41) is 4.08. The smallest absolute Gasteiger partial charge is 0.264 e. The molecule has 0 aliphatic carbocycles. The van der Waals surface area contributed by atoms with E-state index in [1.165, 1.54) is 12.1 Å². The maximum atomic E-state index is 13.1. The van der Waals surface area contributed by atoms with E-state index >= 15 is 0 Å². The molecule has 35 heavy (non-hydrogen) atoms. The number of nitrogens with one attached hydrogen (secondary N) is 1. The highest BCUT2D eigenvalue weighted by Gasteiger charge is 2.25. The molecule has 1 saturated heterocycles. The van der Waals surface area contributed by atoms with Gasteiger partial charge in [-0.25, -0.2) is 9.38 Å². The summed E-state index contributed by atoms with van der Waals surface area (Å²) >= 11 is 19.9. The van der Waals surface area contributed by atoms with Gasteiger partial charge in [-0.15, -0.1) is 0 Å². The van der Waals surface area contributed by atoms with Gasteiger partial charge in [0.15, 0.2) is 16.7 Å². The Hall–Kier alpha value is -2.71. The predicted octanol–water partition coefficient (Wildman–Crippen LogP) is 7.66. The van der Waals surface area contributed by atoms with Crippen molar-refractivity contribution in [2.45, 2.75) is 13.5 Å². The second-order valence-electron chi connectivity index (χ2n) is 7.23. The van der Waals surface area contributed by atoms with Crippen molar-refractivity contribution in [2.24, 2.45) is 4.99 Å². The van der Waals surface area contributed by atoms with Crippen molar-refractivity contribution in [1.29, 1.82) is 0 Å². The highest BCUT2D eigenvalue weighted by molar-refractivity contribution is 8.18. The molecule has 10 heteroatoms. The van der Waals surface area contributed by atoms with Crippen LogP contribution in [-0.4, -0.2) is 17.7 Å². The van der Waals surface area contributed by atoms with Gasteiger partial charge in [0.25, 0.3) is 5.91 Å². The van der Waals surface area contributed by atoms with Crippen LogP contribution in [0.2, 0.25) is 15.1 Å². The fourth-order valence-corrected chi connectivity index (χ4v) is 4.58. The van der Waals surface area contributed by atoms with Crippen LogP contribution in [0.15, 0.2) is 64.5 Å². The van der Waals surface area contributed by atoms with E-state index in [0.717, 1.165) is 17.3 Å². The Kier molecular flexibility index (Phi) is 8.23. The topological polar surface area (TPSA) is 59.9 Å². The van der Waals surface area contributed by atoms with Gasteiger partial charge in [-0.2, -0.15) is 0 Å². The minimum Gasteiger partial charge on any atom is -0.490 e. The summed E-state index contributed by atoms with van der Waals surface area (Å²) in [6, 6.07) is 14.5. The molecule has 5 nitrogen and oxygen atoms in total. The zero-order chi connectivity index (χ0) is 24.9. The normalized spacial score (nSPS) is 15.5. The number of amides is 1. The molecule has 0 aromatic heterocycles. The van der Waals surface area contributed by atoms with Gasteiger partial charge in [0.1, 0.15) is 12.4 Å². The highest BCUT2D eigenvalue weighted by Crippen LogP contribution is 2.39. The SMILES string of the molecule is CCOc1cc(/C=C2/SC(=Nc3cccc(Cl)c3Cl)NC2=O)cc(Cl)c1OCc1ccc(F)cc1. The van der Waals surface area contributed by atoms with Crippen LogP contribution in [0.3, 0.4) is 0 Å². The molecular weight excluding hydrogens is 534 g/mol. The molecule has 0 unspecified atom stereocenters. The molecule has 1 heterocycles. The van der Waals surface area contributed by atoms with Gasteiger partial charge >= 0.3 is 0 Å². The number of carbonyl (C=O) groups excluding carboxylic acids is 1. The molecule has 1 aliphatic heterocycles. The van der Waals surface area contributed by atoms with Crippen LogP contribution in [0.1, 0.15) is 18.1 Å². The first-order valence-electron chi connectivity index (χ1n) is 10.4. The number of rotatable bonds is 7. The summed E-state index contributed by atoms with van der Waals surface area (Å²) in [4.78, 5) is 17.3. The third-order valence-electron chi connectivity index (χ3n) is 4.73. The molecule has 4 rings (SSSR count). The molecule has 180 valence electrons. The number of thioether (sulfide) groups is 1. The first-order valence-corrected chi connectivity index (χ1v) is 12.4. The summed E-state index contributed by atoms with van der Waals surface area (Å²) in [5.74, 6) is 0.160. The fourth-order valence-electron chi connectivity index (χ4n) is 3.13. The fraction of sp³-hybridized carbons (Fsp3) is 0.120. The summed E-state index contributed by atoms with van der Waals surface area (Å²) in [7, 11) is 0. The molecule has 1 fully saturated rings. The number of aliphatic imine (C=N–C) groups is 1. The van der Waals surface area contributed by atoms with E-state index in [0.29, 0.717) is 54.5 Å². The van der Waals surface area contributed by atoms with E-state index in [9.17, 15) is 9.18 Å². The van der Waals surface area contributed by atoms with Crippen molar-refractivity contribution in [3.63, 3.8) is 0 Å². The van der Waals surface area contributed by atoms with Crippen molar-refractivity contribution >= 4 is 69.4 Å². The minimum atomic E-state index is -0.322. The number of carbonyl (C=O) groups is 1. The zero-order valence-electron chi connectivity index (χ0n) is 18.3. The van der Waals surface area contributed by atoms with Crippen LogP contribution in [0.5, 0.6) is 11.5 Å². The van der Waals surface area contributed by atoms with Gasteiger partial charge in [0.05, 0.1) is 32.3 Å². The Bertz CT molecular complexity index is 1330. The Morgan fingerprint density at radius 1 is 1.06 bits per heavy atom. The lowest BCUT2D eigenvalue weighted by Crippen LogP contribution is -2.19. The Morgan fingerprint density at radius 2 is 1.83 bits per heavy atom. The molecule has 0 spiro atoms. The van der Waals surface area contributed by atoms with Crippen molar-refractivity contribution in [1.82, 2.24) is 5.32 Å². The molecule has 1 N–H and O–H groups in total. The zero-order valence-corrected chi connectivity index (χ0v) is 21.4. The third-order valence-corrected chi connectivity index (χ3v) is 6.73. The molecule has 3 aromatic carbocycles. The van der Waals surface area contributed by atoms with E-state index in [4.69, 9.17) is 44.3 Å². The summed E-state index contributed by atoms with van der Waals surface area (Å²) < 4.78 is 24.7. The van der Waals surface area contributed by atoms with Crippen LogP contribution in [0, 0.1) is 5.82 Å². The first-order chi connectivity index (χ1) is 16.8. The maximum absolute atomic E-state index is 13.1. The van der Waals surface area contributed by atoms with Gasteiger partial charge in [-0.05, 0) is 72.3 Å². The number of halogens is 4. The Balaban J connectivity index is 1.56. The van der Waals surface area contributed by atoms with Gasteiger partial charge in [0, 0.05) is 0 Å². The van der Waals surface area contributed by atoms with Gasteiger partial charge in [0.2, 0.25) is 0 Å². The lowest BCUT2D eigenvalue weighted by atomic mass is 10.1. The summed E-state index contributed by atoms with van der Waals surface area (Å²) in [6.07, 6.45) is 1.68. The lowest BCUT2D eigenvalue weighted by molar-refractivity contribution is -0.115. The second-order valence-corrected chi connectivity index (χ2v) is 9.46. The third kappa shape index (κ3) is 6.30. The monoisotopic (exact) mass is 550 g/mol. The average Bonchev–Trinajstić information content (AvgIpc) is 3.16. The van der Waals surface area contributed by atoms with Crippen molar-refractivity contribution in [2.75, 3.05) is 6.61 Å². The van der Waals surface area contributed by atoms with E-state index < -0.39 is 0 Å². The number of hydrogen-bond donors (Lipinski definition) is 1. The van der Waals surface area contributed by atoms with E-state index in [1.807, 2.05) is 6.92 Å². The molecule has 0 atom stereocenters. The predicted molar refractivity (Wildman–Crippen MR) is 141 cm³/mol. The van der Waals surface area contributed by atoms with Crippen molar-refractivity contribution in [3.05, 3.63) is 91.5 Å². The number of nitrogens with zero attached hydrogens (tertiary/aromatic N) is 1. The minimum absolute atomic E-state index is 0.185. The molecule has 1 aliphatic rings. The molecule has 0 radical (unpaired) electrons. The quantitative estimate of drug-likeness (QED) is 0.306. The molecular formula is C25H18Cl3FN2O3S. The highest BCUT2D eigenvalue weighted by atomic mass is 35.5. The standard InChI is InChI=1S/C25H18Cl3FN2O3S/c1-2-33-20-11-15(10-18(27)23(20)34-13-14-6-8-16(29)9-7-14)12-21-24(32)31-25(35-21)30-19-5-3-4-17(26)22(19)28/h3-12H,2,13H2,1H3,(H,30,31,32)/b21-12+. The summed E-state index contributed by atoms with van der Waals surface area (Å²) in [6.45, 7) is 2.41. The van der Waals surface area contributed by atoms with E-state index in [2.05, 4.69) is 10.3 Å². The van der Waals surface area contributed by atoms with Gasteiger partial charge in [-0.3, -0.25) is 4.79 Å². The first kappa shape index (κ1) is 25.4. The van der Waals surface area contributed by atoms with E-state index in [1.54, 1.807) is 48.5 Å². The molecule has 3 aromatic rings. The Labute approximate surface area is 220 Å². The molecule has 1 amide bonds. The van der Waals surface area contributed by atoms with E-state index in [-0.39, 0.29) is 18.3 Å². The Morgan fingerprint density at radius 3 is 2.57 bits per heavy atom. The lowest BCUT2D eigenvalue weighted by Gasteiger charge is -2.14. The number of ether oxygens (including phenoxy) is 2. The largest absolute Gasteiger partial charge is 0.490 e. The van der Waals surface area contributed by atoms with Crippen molar-refractivity contribution < 1.29 is 18.7 Å². The number of hydrogen-bond acceptors (Lipinski definition) is 5. The average molecular weight is 552 g/mol. The van der Waals surface area contributed by atoms with Crippen LogP contribution >= 0.6 is 46.6 Å². The number of amidine groups is 1. The maximum Gasteiger partial charge on any atom is 0.264 e. The van der Waals surface area contributed by atoms with Crippen LogP contribution in [0.25, 0.3) is 6.08 Å². The second kappa shape index (κ2) is 11.4. The van der Waals surface area contributed by atoms with Crippen LogP contribution in [-0.2, 0) is 11.4 Å².